The molecule has 0 saturated carbocycles. The highest BCUT2D eigenvalue weighted by molar-refractivity contribution is 5.79. The van der Waals surface area contributed by atoms with Crippen molar-refractivity contribution < 1.29 is 27.4 Å². The number of unbranched alkanes of at least 4 members (excludes halogenated alkanes) is 1. The first-order valence-corrected chi connectivity index (χ1v) is 13.2. The van der Waals surface area contributed by atoms with Crippen molar-refractivity contribution in [3.05, 3.63) is 70.3 Å². The smallest absolute Gasteiger partial charge is 0.134 e. The zero-order valence-corrected chi connectivity index (χ0v) is 21.9. The predicted molar refractivity (Wildman–Crippen MR) is 138 cm³/mol. The molecule has 1 unspecified atom stereocenters. The van der Waals surface area contributed by atoms with Crippen molar-refractivity contribution in [1.82, 2.24) is 4.90 Å². The molecule has 0 amide bonds. The van der Waals surface area contributed by atoms with E-state index in [0.29, 0.717) is 32.1 Å². The predicted octanol–water partition coefficient (Wildman–Crippen LogP) is 6.99. The van der Waals surface area contributed by atoms with Gasteiger partial charge in [0.25, 0.3) is 0 Å². The highest BCUT2D eigenvalue weighted by Gasteiger charge is 2.43. The SMILES string of the molecule is C[C@@H]1CC2=C(Cc3ccccc32)[C@@H](c2c(F)cc(OCC(CO)CCCCF)cc2F)N1CC(C)(C)F. The fourth-order valence-electron chi connectivity index (χ4n) is 5.72. The molecule has 3 atom stereocenters. The molecule has 2 aliphatic rings. The summed E-state index contributed by atoms with van der Waals surface area (Å²) in [4.78, 5) is 1.89. The van der Waals surface area contributed by atoms with Crippen molar-refractivity contribution in [2.24, 2.45) is 5.92 Å². The van der Waals surface area contributed by atoms with Gasteiger partial charge in [0.05, 0.1) is 19.3 Å². The summed E-state index contributed by atoms with van der Waals surface area (Å²) in [6, 6.07) is 9.51. The van der Waals surface area contributed by atoms with Crippen LogP contribution in [0.25, 0.3) is 5.57 Å². The highest BCUT2D eigenvalue weighted by Crippen LogP contribution is 2.50. The lowest BCUT2D eigenvalue weighted by Gasteiger charge is -2.44. The van der Waals surface area contributed by atoms with Gasteiger partial charge in [-0.3, -0.25) is 9.29 Å². The Morgan fingerprint density at radius 1 is 1.14 bits per heavy atom. The standard InChI is InChI=1S/C30H37F4NO2/c1-19-12-24-23-10-5-4-9-21(23)13-25(24)29(35(19)18-30(2,3)34)28-26(32)14-22(15-27(28)33)37-17-20(16-36)8-6-7-11-31/h4-5,9-10,14-15,19-20,29,36H,6-8,11-13,16-18H2,1-3H3/t19-,20?,29+/m1/s1. The molecule has 0 aromatic heterocycles. The van der Waals surface area contributed by atoms with Gasteiger partial charge in [0.1, 0.15) is 23.1 Å². The molecule has 1 aliphatic heterocycles. The first kappa shape index (κ1) is 27.6. The number of benzene rings is 2. The number of rotatable bonds is 11. The monoisotopic (exact) mass is 519 g/mol. The first-order valence-electron chi connectivity index (χ1n) is 13.2. The Morgan fingerprint density at radius 3 is 2.49 bits per heavy atom. The van der Waals surface area contributed by atoms with E-state index in [4.69, 9.17) is 4.74 Å². The van der Waals surface area contributed by atoms with Crippen LogP contribution in [-0.4, -0.2) is 48.2 Å². The molecule has 0 fully saturated rings. The highest BCUT2D eigenvalue weighted by atomic mass is 19.1. The van der Waals surface area contributed by atoms with Gasteiger partial charge in [0, 0.05) is 42.8 Å². The topological polar surface area (TPSA) is 32.7 Å². The number of hydrogen-bond donors (Lipinski definition) is 1. The van der Waals surface area contributed by atoms with Gasteiger partial charge in [-0.1, -0.05) is 30.7 Å². The minimum atomic E-state index is -1.55. The minimum Gasteiger partial charge on any atom is -0.493 e. The third kappa shape index (κ3) is 6.20. The zero-order chi connectivity index (χ0) is 26.7. The second kappa shape index (κ2) is 11.6. The summed E-state index contributed by atoms with van der Waals surface area (Å²) in [6.45, 7) is 4.50. The number of alkyl halides is 2. The summed E-state index contributed by atoms with van der Waals surface area (Å²) < 4.78 is 64.4. The maximum absolute atomic E-state index is 15.7. The van der Waals surface area contributed by atoms with E-state index < -0.39 is 30.0 Å². The number of ether oxygens (including phenoxy) is 1. The van der Waals surface area contributed by atoms with Gasteiger partial charge >= 0.3 is 0 Å². The van der Waals surface area contributed by atoms with E-state index in [9.17, 15) is 13.9 Å². The van der Waals surface area contributed by atoms with Crippen LogP contribution in [0.2, 0.25) is 0 Å². The average Bonchev–Trinajstić information content (AvgIpc) is 3.20. The molecule has 3 nitrogen and oxygen atoms in total. The van der Waals surface area contributed by atoms with Crippen LogP contribution < -0.4 is 4.74 Å². The number of halogens is 4. The molecule has 0 saturated heterocycles. The van der Waals surface area contributed by atoms with E-state index in [1.165, 1.54) is 26.0 Å². The van der Waals surface area contributed by atoms with Crippen LogP contribution in [0, 0.1) is 17.6 Å². The van der Waals surface area contributed by atoms with Crippen LogP contribution in [0.4, 0.5) is 17.6 Å². The van der Waals surface area contributed by atoms with Gasteiger partial charge < -0.3 is 9.84 Å². The van der Waals surface area contributed by atoms with E-state index in [-0.39, 0.29) is 43.0 Å². The van der Waals surface area contributed by atoms with E-state index in [1.54, 1.807) is 0 Å². The third-order valence-electron chi connectivity index (χ3n) is 7.46. The Hall–Kier alpha value is -2.38. The number of aliphatic hydroxyl groups is 1. The summed E-state index contributed by atoms with van der Waals surface area (Å²) in [6.07, 6.45) is 2.83. The van der Waals surface area contributed by atoms with E-state index in [0.717, 1.165) is 22.3 Å². The fraction of sp³-hybridized carbons (Fsp3) is 0.533. The van der Waals surface area contributed by atoms with E-state index in [1.807, 2.05) is 36.1 Å². The van der Waals surface area contributed by atoms with Crippen LogP contribution in [-0.2, 0) is 6.42 Å². The van der Waals surface area contributed by atoms with Crippen molar-refractivity contribution in [3.8, 4) is 5.75 Å². The Balaban J connectivity index is 1.66. The number of hydrogen-bond acceptors (Lipinski definition) is 3. The summed E-state index contributed by atoms with van der Waals surface area (Å²) in [7, 11) is 0. The largest absolute Gasteiger partial charge is 0.493 e. The number of fused-ring (bicyclic) bond motifs is 2. The van der Waals surface area contributed by atoms with Gasteiger partial charge in [-0.05, 0) is 68.7 Å². The number of aliphatic hydroxyl groups excluding tert-OH is 1. The van der Waals surface area contributed by atoms with Gasteiger partial charge in [-0.25, -0.2) is 13.2 Å². The van der Waals surface area contributed by atoms with Crippen molar-refractivity contribution >= 4 is 5.57 Å². The molecule has 1 N–H and O–H groups in total. The molecule has 1 aliphatic carbocycles. The van der Waals surface area contributed by atoms with Crippen molar-refractivity contribution in [3.63, 3.8) is 0 Å². The molecular formula is C30H37F4NO2. The minimum absolute atomic E-state index is 0.0350. The second-order valence-electron chi connectivity index (χ2n) is 11.0. The van der Waals surface area contributed by atoms with E-state index >= 15 is 8.78 Å². The third-order valence-corrected chi connectivity index (χ3v) is 7.46. The van der Waals surface area contributed by atoms with Crippen LogP contribution in [0.5, 0.6) is 5.75 Å². The Morgan fingerprint density at radius 2 is 1.84 bits per heavy atom. The molecule has 2 aromatic carbocycles. The van der Waals surface area contributed by atoms with Crippen molar-refractivity contribution in [2.75, 3.05) is 26.4 Å². The fourth-order valence-corrected chi connectivity index (χ4v) is 5.72. The lowest BCUT2D eigenvalue weighted by atomic mass is 9.84. The molecule has 37 heavy (non-hydrogen) atoms. The maximum atomic E-state index is 15.7. The van der Waals surface area contributed by atoms with Crippen LogP contribution >= 0.6 is 0 Å². The molecule has 4 rings (SSSR count). The second-order valence-corrected chi connectivity index (χ2v) is 11.0. The maximum Gasteiger partial charge on any atom is 0.134 e. The van der Waals surface area contributed by atoms with Gasteiger partial charge in [-0.15, -0.1) is 0 Å². The molecule has 2 aromatic rings. The lowest BCUT2D eigenvalue weighted by Crippen LogP contribution is -2.47. The van der Waals surface area contributed by atoms with Crippen LogP contribution in [0.3, 0.4) is 0 Å². The first-order chi connectivity index (χ1) is 17.6. The molecule has 202 valence electrons. The molecule has 0 spiro atoms. The normalized spacial score (nSPS) is 20.6. The average molecular weight is 520 g/mol. The Bertz CT molecular complexity index is 1100. The molecule has 0 bridgehead atoms. The quantitative estimate of drug-likeness (QED) is 0.257. The van der Waals surface area contributed by atoms with Crippen molar-refractivity contribution in [2.45, 2.75) is 70.6 Å². The summed E-state index contributed by atoms with van der Waals surface area (Å²) in [5, 5.41) is 9.57. The summed E-state index contributed by atoms with van der Waals surface area (Å²) >= 11 is 0. The lowest BCUT2D eigenvalue weighted by molar-refractivity contribution is 0.0676. The molecule has 7 heteroatoms. The molecular weight excluding hydrogens is 482 g/mol. The molecule has 0 radical (unpaired) electrons. The van der Waals surface area contributed by atoms with Gasteiger partial charge in [-0.2, -0.15) is 0 Å². The Labute approximate surface area is 217 Å². The Kier molecular flexibility index (Phi) is 8.64. The van der Waals surface area contributed by atoms with Crippen LogP contribution in [0.15, 0.2) is 42.0 Å². The van der Waals surface area contributed by atoms with Gasteiger partial charge in [0.2, 0.25) is 0 Å². The summed E-state index contributed by atoms with van der Waals surface area (Å²) in [5.74, 6) is -1.69. The zero-order valence-electron chi connectivity index (χ0n) is 21.9. The number of nitrogens with zero attached hydrogens (tertiary/aromatic N) is 1. The molecule has 1 heterocycles. The van der Waals surface area contributed by atoms with Crippen molar-refractivity contribution in [1.29, 1.82) is 0 Å². The van der Waals surface area contributed by atoms with E-state index in [2.05, 4.69) is 0 Å². The van der Waals surface area contributed by atoms with Crippen LogP contribution in [0.1, 0.15) is 69.2 Å². The summed E-state index contributed by atoms with van der Waals surface area (Å²) in [5.41, 5.74) is 2.60. The van der Waals surface area contributed by atoms with Gasteiger partial charge in [0.15, 0.2) is 0 Å².